The summed E-state index contributed by atoms with van der Waals surface area (Å²) in [6.07, 6.45) is 1.92. The van der Waals surface area contributed by atoms with Crippen LogP contribution >= 0.6 is 0 Å². The van der Waals surface area contributed by atoms with Gasteiger partial charge in [-0.3, -0.25) is 0 Å². The maximum absolute atomic E-state index is 5.58. The molecule has 4 aromatic rings. The van der Waals surface area contributed by atoms with Crippen molar-refractivity contribution in [3.63, 3.8) is 0 Å². The van der Waals surface area contributed by atoms with Crippen molar-refractivity contribution in [3.8, 4) is 5.75 Å². The number of pyridine rings is 1. The van der Waals surface area contributed by atoms with Crippen LogP contribution in [0.1, 0.15) is 11.4 Å². The van der Waals surface area contributed by atoms with Gasteiger partial charge in [-0.2, -0.15) is 0 Å². The number of benzene rings is 1. The average Bonchev–Trinajstić information content (AvgIpc) is 3.16. The van der Waals surface area contributed by atoms with Crippen LogP contribution in [0.2, 0.25) is 0 Å². The third-order valence-corrected chi connectivity index (χ3v) is 3.89. The molecule has 0 aliphatic rings. The zero-order valence-corrected chi connectivity index (χ0v) is 13.0. The third kappa shape index (κ3) is 2.38. The number of rotatable bonds is 4. The summed E-state index contributed by atoms with van der Waals surface area (Å²) in [6, 6.07) is 10.1. The summed E-state index contributed by atoms with van der Waals surface area (Å²) in [5.74, 6) is 2.54. The Morgan fingerprint density at radius 2 is 1.96 bits per heavy atom. The Bertz CT molecular complexity index is 985. The quantitative estimate of drug-likeness (QED) is 0.540. The van der Waals surface area contributed by atoms with Crippen molar-refractivity contribution in [1.29, 1.82) is 0 Å². The predicted molar refractivity (Wildman–Crippen MR) is 90.8 cm³/mol. The van der Waals surface area contributed by atoms with E-state index in [1.807, 2.05) is 31.3 Å². The average molecular weight is 307 g/mol. The van der Waals surface area contributed by atoms with Gasteiger partial charge in [0.1, 0.15) is 17.4 Å². The Hall–Kier alpha value is -3.02. The van der Waals surface area contributed by atoms with E-state index in [2.05, 4.69) is 37.4 Å². The summed E-state index contributed by atoms with van der Waals surface area (Å²) in [6.45, 7) is 2.55. The molecule has 0 fully saturated rings. The Morgan fingerprint density at radius 1 is 1.09 bits per heavy atom. The first-order valence-electron chi connectivity index (χ1n) is 7.45. The lowest BCUT2D eigenvalue weighted by Crippen LogP contribution is -2.03. The fourth-order valence-corrected chi connectivity index (χ4v) is 2.83. The molecule has 3 N–H and O–H groups in total. The first-order chi connectivity index (χ1) is 11.2. The highest BCUT2D eigenvalue weighted by molar-refractivity contribution is 5.87. The number of ether oxygens (including phenoxy) is 1. The minimum absolute atomic E-state index is 0.631. The largest absolute Gasteiger partial charge is 0.496 e. The minimum Gasteiger partial charge on any atom is -0.496 e. The monoisotopic (exact) mass is 307 g/mol. The Kier molecular flexibility index (Phi) is 3.15. The molecule has 0 saturated carbocycles. The standard InChI is InChI=1S/C17H17N5O/c1-10-20-14-5-6-15(22-17(14)21-10)19-9-11-3-4-13-12(7-8-18-13)16(11)23-2/h3-8,18H,9H2,1-2H3,(H2,19,20,21,22). The van der Waals surface area contributed by atoms with Crippen molar-refractivity contribution >= 4 is 27.9 Å². The molecule has 4 rings (SSSR count). The van der Waals surface area contributed by atoms with Gasteiger partial charge in [0, 0.05) is 29.2 Å². The van der Waals surface area contributed by atoms with E-state index < -0.39 is 0 Å². The SMILES string of the molecule is COc1c(CNc2ccc3[nH]c(C)nc3n2)ccc2[nH]ccc12. The Labute approximate surface area is 132 Å². The minimum atomic E-state index is 0.631. The first kappa shape index (κ1) is 13.6. The van der Waals surface area contributed by atoms with Crippen LogP contribution in [0, 0.1) is 6.92 Å². The fourth-order valence-electron chi connectivity index (χ4n) is 2.83. The van der Waals surface area contributed by atoms with Gasteiger partial charge in [-0.25, -0.2) is 9.97 Å². The van der Waals surface area contributed by atoms with Gasteiger partial charge in [0.25, 0.3) is 0 Å². The molecule has 3 aromatic heterocycles. The molecule has 0 atom stereocenters. The maximum atomic E-state index is 5.58. The highest BCUT2D eigenvalue weighted by Gasteiger charge is 2.09. The van der Waals surface area contributed by atoms with Crippen molar-refractivity contribution in [2.24, 2.45) is 0 Å². The lowest BCUT2D eigenvalue weighted by atomic mass is 10.1. The number of hydrogen-bond donors (Lipinski definition) is 3. The molecular weight excluding hydrogens is 290 g/mol. The number of nitrogens with one attached hydrogen (secondary N) is 3. The van der Waals surface area contributed by atoms with E-state index in [1.165, 1.54) is 0 Å². The molecule has 0 radical (unpaired) electrons. The van der Waals surface area contributed by atoms with Gasteiger partial charge in [-0.05, 0) is 31.2 Å². The summed E-state index contributed by atoms with van der Waals surface area (Å²) in [7, 11) is 1.70. The van der Waals surface area contributed by atoms with E-state index in [0.717, 1.165) is 45.0 Å². The second kappa shape index (κ2) is 5.31. The Morgan fingerprint density at radius 3 is 2.83 bits per heavy atom. The number of nitrogens with zero attached hydrogens (tertiary/aromatic N) is 2. The van der Waals surface area contributed by atoms with E-state index in [-0.39, 0.29) is 0 Å². The molecule has 1 aromatic carbocycles. The normalized spacial score (nSPS) is 11.2. The molecule has 6 nitrogen and oxygen atoms in total. The number of aromatic amines is 2. The van der Waals surface area contributed by atoms with Gasteiger partial charge in [-0.1, -0.05) is 6.07 Å². The van der Waals surface area contributed by atoms with Crippen LogP contribution in [0.4, 0.5) is 5.82 Å². The van der Waals surface area contributed by atoms with Gasteiger partial charge in [0.05, 0.1) is 12.6 Å². The van der Waals surface area contributed by atoms with Gasteiger partial charge >= 0.3 is 0 Å². The molecule has 0 spiro atoms. The number of fused-ring (bicyclic) bond motifs is 2. The van der Waals surface area contributed by atoms with E-state index in [4.69, 9.17) is 4.74 Å². The van der Waals surface area contributed by atoms with E-state index >= 15 is 0 Å². The summed E-state index contributed by atoms with van der Waals surface area (Å²) < 4.78 is 5.58. The molecule has 0 unspecified atom stereocenters. The molecular formula is C17H17N5O. The summed E-state index contributed by atoms with van der Waals surface area (Å²) in [5.41, 5.74) is 3.82. The van der Waals surface area contributed by atoms with Crippen molar-refractivity contribution < 1.29 is 4.74 Å². The molecule has 0 aliphatic heterocycles. The second-order valence-corrected chi connectivity index (χ2v) is 5.44. The molecule has 3 heterocycles. The lowest BCUT2D eigenvalue weighted by Gasteiger charge is -2.11. The molecule has 23 heavy (non-hydrogen) atoms. The highest BCUT2D eigenvalue weighted by Crippen LogP contribution is 2.29. The molecule has 6 heteroatoms. The molecule has 0 aliphatic carbocycles. The van der Waals surface area contributed by atoms with Crippen molar-refractivity contribution in [2.45, 2.75) is 13.5 Å². The van der Waals surface area contributed by atoms with E-state index in [9.17, 15) is 0 Å². The number of anilines is 1. The maximum Gasteiger partial charge on any atom is 0.179 e. The zero-order chi connectivity index (χ0) is 15.8. The Balaban J connectivity index is 1.62. The first-order valence-corrected chi connectivity index (χ1v) is 7.45. The van der Waals surface area contributed by atoms with Crippen LogP contribution in [0.15, 0.2) is 36.5 Å². The van der Waals surface area contributed by atoms with Crippen LogP contribution in [0.5, 0.6) is 5.75 Å². The fraction of sp³-hybridized carbons (Fsp3) is 0.176. The lowest BCUT2D eigenvalue weighted by molar-refractivity contribution is 0.415. The third-order valence-electron chi connectivity index (χ3n) is 3.89. The van der Waals surface area contributed by atoms with E-state index in [0.29, 0.717) is 6.54 Å². The van der Waals surface area contributed by atoms with Crippen LogP contribution in [0.25, 0.3) is 22.1 Å². The van der Waals surface area contributed by atoms with Crippen molar-refractivity contribution in [1.82, 2.24) is 19.9 Å². The highest BCUT2D eigenvalue weighted by atomic mass is 16.5. The van der Waals surface area contributed by atoms with Gasteiger partial charge in [-0.15, -0.1) is 0 Å². The van der Waals surface area contributed by atoms with Gasteiger partial charge in [0.2, 0.25) is 0 Å². The second-order valence-electron chi connectivity index (χ2n) is 5.44. The summed E-state index contributed by atoms with van der Waals surface area (Å²) in [5, 5.41) is 4.42. The number of H-pyrrole nitrogens is 2. The number of aromatic nitrogens is 4. The molecule has 0 amide bonds. The molecule has 116 valence electrons. The number of methoxy groups -OCH3 is 1. The van der Waals surface area contributed by atoms with Crippen LogP contribution in [-0.4, -0.2) is 27.0 Å². The topological polar surface area (TPSA) is 78.6 Å². The smallest absolute Gasteiger partial charge is 0.179 e. The zero-order valence-electron chi connectivity index (χ0n) is 13.0. The molecule has 0 saturated heterocycles. The predicted octanol–water partition coefficient (Wildman–Crippen LogP) is 3.37. The summed E-state index contributed by atoms with van der Waals surface area (Å²) >= 11 is 0. The van der Waals surface area contributed by atoms with Crippen LogP contribution in [-0.2, 0) is 6.54 Å². The van der Waals surface area contributed by atoms with E-state index in [1.54, 1.807) is 7.11 Å². The van der Waals surface area contributed by atoms with Crippen LogP contribution in [0.3, 0.4) is 0 Å². The number of imidazole rings is 1. The van der Waals surface area contributed by atoms with Crippen LogP contribution < -0.4 is 10.1 Å². The number of hydrogen-bond acceptors (Lipinski definition) is 4. The van der Waals surface area contributed by atoms with Gasteiger partial charge < -0.3 is 20.0 Å². The van der Waals surface area contributed by atoms with Crippen molar-refractivity contribution in [2.75, 3.05) is 12.4 Å². The number of aryl methyl sites for hydroxylation is 1. The molecule has 0 bridgehead atoms. The van der Waals surface area contributed by atoms with Gasteiger partial charge in [0.15, 0.2) is 5.65 Å². The van der Waals surface area contributed by atoms with Crippen molar-refractivity contribution in [3.05, 3.63) is 47.9 Å². The summed E-state index contributed by atoms with van der Waals surface area (Å²) in [4.78, 5) is 15.2.